The van der Waals surface area contributed by atoms with E-state index < -0.39 is 6.10 Å². The Kier molecular flexibility index (Phi) is 3.42. The standard InChI is InChI=1S/C15H16N2O2/c18-14(13-10-16-6-7-17-13)9-11-5-8-19-15-4-2-1-3-12(11)15/h1-4,6-7,10-11,14,18H,5,8-9H2. The van der Waals surface area contributed by atoms with Gasteiger partial charge in [0.15, 0.2) is 0 Å². The Balaban J connectivity index is 1.78. The molecule has 0 radical (unpaired) electrons. The van der Waals surface area contributed by atoms with Crippen LogP contribution in [-0.2, 0) is 0 Å². The highest BCUT2D eigenvalue weighted by atomic mass is 16.5. The van der Waals surface area contributed by atoms with Crippen LogP contribution < -0.4 is 4.74 Å². The van der Waals surface area contributed by atoms with E-state index in [2.05, 4.69) is 16.0 Å². The van der Waals surface area contributed by atoms with E-state index in [1.54, 1.807) is 18.6 Å². The Labute approximate surface area is 112 Å². The molecule has 1 aliphatic heterocycles. The number of para-hydroxylation sites is 1. The van der Waals surface area contributed by atoms with Crippen LogP contribution in [0, 0.1) is 0 Å². The SMILES string of the molecule is OC(CC1CCOc2ccccc21)c1cnccn1. The van der Waals surface area contributed by atoms with Gasteiger partial charge in [0.25, 0.3) is 0 Å². The molecule has 2 heterocycles. The van der Waals surface area contributed by atoms with E-state index in [4.69, 9.17) is 4.74 Å². The molecule has 98 valence electrons. The fourth-order valence-electron chi connectivity index (χ4n) is 2.53. The molecule has 2 unspecified atom stereocenters. The van der Waals surface area contributed by atoms with Gasteiger partial charge in [-0.15, -0.1) is 0 Å². The number of ether oxygens (including phenoxy) is 1. The molecular formula is C15H16N2O2. The van der Waals surface area contributed by atoms with E-state index in [0.29, 0.717) is 24.6 Å². The summed E-state index contributed by atoms with van der Waals surface area (Å²) in [6.07, 6.45) is 5.84. The predicted octanol–water partition coefficient (Wildman–Crippen LogP) is 2.47. The first-order valence-electron chi connectivity index (χ1n) is 6.50. The number of nitrogens with zero attached hydrogens (tertiary/aromatic N) is 2. The van der Waals surface area contributed by atoms with Crippen LogP contribution in [-0.4, -0.2) is 21.7 Å². The quantitative estimate of drug-likeness (QED) is 0.916. The summed E-state index contributed by atoms with van der Waals surface area (Å²) < 4.78 is 5.63. The van der Waals surface area contributed by atoms with Crippen LogP contribution in [0.3, 0.4) is 0 Å². The second-order valence-corrected chi connectivity index (χ2v) is 4.75. The summed E-state index contributed by atoms with van der Waals surface area (Å²) >= 11 is 0. The van der Waals surface area contributed by atoms with Crippen LogP contribution in [0.5, 0.6) is 5.75 Å². The van der Waals surface area contributed by atoms with Crippen molar-refractivity contribution in [2.45, 2.75) is 24.9 Å². The first-order chi connectivity index (χ1) is 9.34. The normalized spacial score (nSPS) is 19.3. The van der Waals surface area contributed by atoms with Crippen molar-refractivity contribution in [1.82, 2.24) is 9.97 Å². The number of aliphatic hydroxyl groups is 1. The monoisotopic (exact) mass is 256 g/mol. The Morgan fingerprint density at radius 3 is 3.05 bits per heavy atom. The number of rotatable bonds is 3. The van der Waals surface area contributed by atoms with E-state index >= 15 is 0 Å². The first-order valence-corrected chi connectivity index (χ1v) is 6.50. The minimum Gasteiger partial charge on any atom is -0.493 e. The fourth-order valence-corrected chi connectivity index (χ4v) is 2.53. The summed E-state index contributed by atoms with van der Waals surface area (Å²) in [5.74, 6) is 1.24. The van der Waals surface area contributed by atoms with Gasteiger partial charge in [0.05, 0.1) is 24.6 Å². The van der Waals surface area contributed by atoms with E-state index in [1.807, 2.05) is 18.2 Å². The molecule has 1 N–H and O–H groups in total. The van der Waals surface area contributed by atoms with Crippen LogP contribution in [0.15, 0.2) is 42.9 Å². The summed E-state index contributed by atoms with van der Waals surface area (Å²) in [6, 6.07) is 8.04. The van der Waals surface area contributed by atoms with Gasteiger partial charge in [0, 0.05) is 12.4 Å². The third kappa shape index (κ3) is 2.58. The molecule has 19 heavy (non-hydrogen) atoms. The van der Waals surface area contributed by atoms with E-state index in [9.17, 15) is 5.11 Å². The predicted molar refractivity (Wildman–Crippen MR) is 70.9 cm³/mol. The van der Waals surface area contributed by atoms with E-state index in [-0.39, 0.29) is 0 Å². The number of benzene rings is 1. The molecule has 0 saturated heterocycles. The minimum atomic E-state index is -0.579. The maximum atomic E-state index is 10.3. The van der Waals surface area contributed by atoms with Gasteiger partial charge in [0.1, 0.15) is 5.75 Å². The van der Waals surface area contributed by atoms with Crippen LogP contribution >= 0.6 is 0 Å². The average Bonchev–Trinajstić information content (AvgIpc) is 2.48. The van der Waals surface area contributed by atoms with Crippen LogP contribution in [0.2, 0.25) is 0 Å². The largest absolute Gasteiger partial charge is 0.493 e. The van der Waals surface area contributed by atoms with Gasteiger partial charge in [0.2, 0.25) is 0 Å². The molecular weight excluding hydrogens is 240 g/mol. The third-order valence-electron chi connectivity index (χ3n) is 3.52. The highest BCUT2D eigenvalue weighted by molar-refractivity contribution is 5.37. The number of hydrogen-bond acceptors (Lipinski definition) is 4. The Bertz CT molecular complexity index is 545. The zero-order valence-corrected chi connectivity index (χ0v) is 10.6. The zero-order valence-electron chi connectivity index (χ0n) is 10.6. The molecule has 4 nitrogen and oxygen atoms in total. The van der Waals surface area contributed by atoms with Gasteiger partial charge < -0.3 is 9.84 Å². The van der Waals surface area contributed by atoms with Gasteiger partial charge >= 0.3 is 0 Å². The molecule has 0 amide bonds. The van der Waals surface area contributed by atoms with Gasteiger partial charge in [-0.2, -0.15) is 0 Å². The smallest absolute Gasteiger partial charge is 0.122 e. The van der Waals surface area contributed by atoms with Gasteiger partial charge in [-0.25, -0.2) is 0 Å². The molecule has 2 aromatic rings. The topological polar surface area (TPSA) is 55.2 Å². The number of hydrogen-bond donors (Lipinski definition) is 1. The van der Waals surface area contributed by atoms with Crippen molar-refractivity contribution in [1.29, 1.82) is 0 Å². The van der Waals surface area contributed by atoms with Crippen molar-refractivity contribution >= 4 is 0 Å². The fraction of sp³-hybridized carbons (Fsp3) is 0.333. The van der Waals surface area contributed by atoms with Gasteiger partial charge in [-0.3, -0.25) is 9.97 Å². The lowest BCUT2D eigenvalue weighted by Gasteiger charge is -2.27. The molecule has 1 aromatic heterocycles. The molecule has 3 rings (SSSR count). The van der Waals surface area contributed by atoms with Crippen molar-refractivity contribution in [3.05, 3.63) is 54.1 Å². The number of fused-ring (bicyclic) bond motifs is 1. The Morgan fingerprint density at radius 2 is 2.21 bits per heavy atom. The summed E-state index contributed by atoms with van der Waals surface area (Å²) in [5.41, 5.74) is 1.81. The van der Waals surface area contributed by atoms with Crippen molar-refractivity contribution in [2.24, 2.45) is 0 Å². The third-order valence-corrected chi connectivity index (χ3v) is 3.52. The van der Waals surface area contributed by atoms with Gasteiger partial charge in [-0.05, 0) is 30.4 Å². The average molecular weight is 256 g/mol. The molecule has 0 saturated carbocycles. The van der Waals surface area contributed by atoms with Crippen LogP contribution in [0.1, 0.15) is 36.1 Å². The number of aromatic nitrogens is 2. The molecule has 0 bridgehead atoms. The lowest BCUT2D eigenvalue weighted by Crippen LogP contribution is -2.16. The summed E-state index contributed by atoms with van der Waals surface area (Å²) in [7, 11) is 0. The first kappa shape index (κ1) is 12.1. The maximum Gasteiger partial charge on any atom is 0.122 e. The summed E-state index contributed by atoms with van der Waals surface area (Å²) in [5, 5.41) is 10.3. The lowest BCUT2D eigenvalue weighted by molar-refractivity contribution is 0.140. The van der Waals surface area contributed by atoms with E-state index in [1.165, 1.54) is 5.56 Å². The van der Waals surface area contributed by atoms with Crippen LogP contribution in [0.25, 0.3) is 0 Å². The Hall–Kier alpha value is -1.94. The maximum absolute atomic E-state index is 10.3. The highest BCUT2D eigenvalue weighted by Crippen LogP contribution is 2.38. The second kappa shape index (κ2) is 5.36. The minimum absolute atomic E-state index is 0.307. The molecule has 2 atom stereocenters. The summed E-state index contributed by atoms with van der Waals surface area (Å²) in [6.45, 7) is 0.703. The van der Waals surface area contributed by atoms with Crippen molar-refractivity contribution < 1.29 is 9.84 Å². The molecule has 4 heteroatoms. The molecule has 0 spiro atoms. The van der Waals surface area contributed by atoms with Crippen molar-refractivity contribution in [3.63, 3.8) is 0 Å². The lowest BCUT2D eigenvalue weighted by atomic mass is 9.87. The molecule has 0 fully saturated rings. The molecule has 0 aliphatic carbocycles. The van der Waals surface area contributed by atoms with Gasteiger partial charge in [-0.1, -0.05) is 18.2 Å². The van der Waals surface area contributed by atoms with Crippen LogP contribution in [0.4, 0.5) is 0 Å². The molecule has 1 aliphatic rings. The molecule has 1 aromatic carbocycles. The van der Waals surface area contributed by atoms with Crippen molar-refractivity contribution in [2.75, 3.05) is 6.61 Å². The van der Waals surface area contributed by atoms with Crippen molar-refractivity contribution in [3.8, 4) is 5.75 Å². The highest BCUT2D eigenvalue weighted by Gasteiger charge is 2.24. The Morgan fingerprint density at radius 1 is 1.32 bits per heavy atom. The zero-order chi connectivity index (χ0) is 13.1. The summed E-state index contributed by atoms with van der Waals surface area (Å²) in [4.78, 5) is 8.15. The second-order valence-electron chi connectivity index (χ2n) is 4.75. The van der Waals surface area contributed by atoms with E-state index in [0.717, 1.165) is 12.2 Å². The number of aliphatic hydroxyl groups excluding tert-OH is 1.